The lowest BCUT2D eigenvalue weighted by atomic mass is 10.1. The minimum atomic E-state index is -0.397. The molecule has 0 aliphatic heterocycles. The monoisotopic (exact) mass is 462 g/mol. The first kappa shape index (κ1) is 20.3. The van der Waals surface area contributed by atoms with Crippen LogP contribution in [0.5, 0.6) is 5.75 Å². The van der Waals surface area contributed by atoms with Crippen LogP contribution in [0, 0.1) is 11.8 Å². The Kier molecular flexibility index (Phi) is 4.99. The van der Waals surface area contributed by atoms with Crippen molar-refractivity contribution >= 4 is 56.2 Å². The van der Waals surface area contributed by atoms with E-state index in [0.717, 1.165) is 21.6 Å². The van der Waals surface area contributed by atoms with Gasteiger partial charge in [0.25, 0.3) is 10.4 Å². The number of aromatic nitrogens is 3. The number of thiazole rings is 1. The maximum atomic E-state index is 13.2. The number of rotatable bonds is 4. The quantitative estimate of drug-likeness (QED) is 0.331. The van der Waals surface area contributed by atoms with E-state index in [1.165, 1.54) is 34.8 Å². The topological polar surface area (TPSA) is 73.4 Å². The molecule has 0 fully saturated rings. The van der Waals surface area contributed by atoms with Crippen molar-refractivity contribution in [1.82, 2.24) is 14.5 Å². The van der Waals surface area contributed by atoms with E-state index in [1.807, 2.05) is 31.3 Å². The maximum Gasteiger partial charge on any atom is 0.290 e. The van der Waals surface area contributed by atoms with E-state index in [0.29, 0.717) is 10.9 Å². The molecule has 5 rings (SSSR count). The minimum absolute atomic E-state index is 0.00916. The molecule has 0 saturated heterocycles. The average Bonchev–Trinajstić information content (AvgIpc) is 3.21. The number of ether oxygens (including phenoxy) is 1. The predicted molar refractivity (Wildman–Crippen MR) is 129 cm³/mol. The SMILES string of the molecule is COc1ccnc2c(=O)n(-c3nc4ccc(N(C)c5ccccc5C)cc4s3)c(=S)oc12. The highest BCUT2D eigenvalue weighted by Gasteiger charge is 2.17. The first-order valence-corrected chi connectivity index (χ1v) is 11.0. The molecular weight excluding hydrogens is 444 g/mol. The van der Waals surface area contributed by atoms with Gasteiger partial charge in [0.2, 0.25) is 10.7 Å². The highest BCUT2D eigenvalue weighted by Crippen LogP contribution is 2.32. The van der Waals surface area contributed by atoms with Crippen molar-refractivity contribution in [3.8, 4) is 10.9 Å². The van der Waals surface area contributed by atoms with Gasteiger partial charge >= 0.3 is 0 Å². The third kappa shape index (κ3) is 3.26. The fourth-order valence-corrected chi connectivity index (χ4v) is 4.92. The molecule has 0 N–H and O–H groups in total. The molecule has 0 aliphatic carbocycles. The number of fused-ring (bicyclic) bond motifs is 2. The van der Waals surface area contributed by atoms with Crippen molar-refractivity contribution in [2.45, 2.75) is 6.92 Å². The highest BCUT2D eigenvalue weighted by molar-refractivity contribution is 7.71. The van der Waals surface area contributed by atoms with Crippen LogP contribution < -0.4 is 15.2 Å². The first-order valence-electron chi connectivity index (χ1n) is 9.77. The van der Waals surface area contributed by atoms with E-state index in [2.05, 4.69) is 40.0 Å². The summed E-state index contributed by atoms with van der Waals surface area (Å²) in [5.74, 6) is 0.401. The van der Waals surface area contributed by atoms with Crippen LogP contribution in [-0.4, -0.2) is 28.7 Å². The molecule has 0 unspecified atom stereocenters. The molecule has 0 atom stereocenters. The van der Waals surface area contributed by atoms with Crippen molar-refractivity contribution in [1.29, 1.82) is 0 Å². The molecule has 32 heavy (non-hydrogen) atoms. The molecule has 2 aromatic carbocycles. The summed E-state index contributed by atoms with van der Waals surface area (Å²) in [6, 6.07) is 15.8. The number of aryl methyl sites for hydroxylation is 1. The summed E-state index contributed by atoms with van der Waals surface area (Å²) in [6.07, 6.45) is 1.50. The van der Waals surface area contributed by atoms with E-state index >= 15 is 0 Å². The van der Waals surface area contributed by atoms with Crippen LogP contribution in [0.2, 0.25) is 0 Å². The van der Waals surface area contributed by atoms with Crippen molar-refractivity contribution in [3.05, 3.63) is 75.5 Å². The predicted octanol–water partition coefficient (Wildman–Crippen LogP) is 5.40. The van der Waals surface area contributed by atoms with Crippen molar-refractivity contribution in [3.63, 3.8) is 0 Å². The summed E-state index contributed by atoms with van der Waals surface area (Å²) in [5.41, 5.74) is 4.06. The summed E-state index contributed by atoms with van der Waals surface area (Å²) < 4.78 is 13.2. The number of benzene rings is 2. The molecule has 9 heteroatoms. The van der Waals surface area contributed by atoms with Gasteiger partial charge < -0.3 is 14.1 Å². The van der Waals surface area contributed by atoms with Gasteiger partial charge in [-0.1, -0.05) is 29.5 Å². The lowest BCUT2D eigenvalue weighted by Gasteiger charge is -2.21. The van der Waals surface area contributed by atoms with Crippen LogP contribution in [0.25, 0.3) is 26.4 Å². The van der Waals surface area contributed by atoms with E-state index in [-0.39, 0.29) is 15.9 Å². The number of nitrogens with zero attached hydrogens (tertiary/aromatic N) is 4. The number of pyridine rings is 1. The molecule has 0 bridgehead atoms. The lowest BCUT2D eigenvalue weighted by Crippen LogP contribution is -2.20. The fourth-order valence-electron chi connectivity index (χ4n) is 3.61. The first-order chi connectivity index (χ1) is 15.5. The Morgan fingerprint density at radius 2 is 2.00 bits per heavy atom. The van der Waals surface area contributed by atoms with Crippen LogP contribution in [-0.2, 0) is 0 Å². The van der Waals surface area contributed by atoms with Gasteiger partial charge in [-0.2, -0.15) is 0 Å². The molecule has 0 radical (unpaired) electrons. The third-order valence-electron chi connectivity index (χ3n) is 5.28. The summed E-state index contributed by atoms with van der Waals surface area (Å²) in [5, 5.41) is 0.431. The van der Waals surface area contributed by atoms with Gasteiger partial charge in [-0.25, -0.2) is 14.5 Å². The largest absolute Gasteiger partial charge is 0.493 e. The van der Waals surface area contributed by atoms with Gasteiger partial charge in [0.1, 0.15) is 0 Å². The van der Waals surface area contributed by atoms with Crippen LogP contribution in [0.1, 0.15) is 5.56 Å². The van der Waals surface area contributed by atoms with Crippen molar-refractivity contribution in [2.75, 3.05) is 19.1 Å². The second-order valence-corrected chi connectivity index (χ2v) is 8.55. The maximum absolute atomic E-state index is 13.2. The second kappa shape index (κ2) is 7.85. The van der Waals surface area contributed by atoms with Crippen LogP contribution in [0.15, 0.2) is 63.9 Å². The number of anilines is 2. The van der Waals surface area contributed by atoms with Gasteiger partial charge in [-0.15, -0.1) is 0 Å². The molecule has 0 saturated carbocycles. The van der Waals surface area contributed by atoms with Gasteiger partial charge in [-0.3, -0.25) is 4.79 Å². The van der Waals surface area contributed by atoms with Gasteiger partial charge in [0.05, 0.1) is 17.3 Å². The molecule has 5 aromatic rings. The zero-order valence-corrected chi connectivity index (χ0v) is 19.2. The van der Waals surface area contributed by atoms with Crippen LogP contribution in [0.4, 0.5) is 11.4 Å². The van der Waals surface area contributed by atoms with E-state index < -0.39 is 5.56 Å². The van der Waals surface area contributed by atoms with E-state index in [1.54, 1.807) is 6.07 Å². The normalized spacial score (nSPS) is 11.2. The Hall–Kier alpha value is -3.56. The molecule has 7 nitrogen and oxygen atoms in total. The Morgan fingerprint density at radius 1 is 1.19 bits per heavy atom. The average molecular weight is 463 g/mol. The van der Waals surface area contributed by atoms with Gasteiger partial charge in [-0.05, 0) is 49.0 Å². The Bertz CT molecular complexity index is 1600. The number of para-hydroxylation sites is 1. The highest BCUT2D eigenvalue weighted by atomic mass is 32.1. The third-order valence-corrected chi connectivity index (χ3v) is 6.55. The van der Waals surface area contributed by atoms with Crippen molar-refractivity contribution in [2.24, 2.45) is 0 Å². The standard InChI is InChI=1S/C23H18N4O3S2/c1-13-6-4-5-7-16(13)26(2)14-8-9-15-18(12-14)32-22(25-15)27-21(28)19-20(30-23(27)31)17(29-3)10-11-24-19/h4-12H,1-3H3. The molecule has 0 spiro atoms. The minimum Gasteiger partial charge on any atom is -0.493 e. The van der Waals surface area contributed by atoms with Crippen molar-refractivity contribution < 1.29 is 9.15 Å². The summed E-state index contributed by atoms with van der Waals surface area (Å²) in [6.45, 7) is 2.08. The smallest absolute Gasteiger partial charge is 0.290 e. The summed E-state index contributed by atoms with van der Waals surface area (Å²) in [4.78, 5) is 24.1. The Labute approximate surface area is 192 Å². The van der Waals surface area contributed by atoms with E-state index in [4.69, 9.17) is 21.4 Å². The number of hydrogen-bond donors (Lipinski definition) is 0. The molecule has 0 aliphatic rings. The molecule has 0 amide bonds. The zero-order valence-electron chi connectivity index (χ0n) is 17.5. The number of methoxy groups -OCH3 is 1. The second-order valence-electron chi connectivity index (χ2n) is 7.19. The molecular formula is C23H18N4O3S2. The van der Waals surface area contributed by atoms with Crippen LogP contribution >= 0.6 is 23.6 Å². The van der Waals surface area contributed by atoms with E-state index in [9.17, 15) is 4.79 Å². The summed E-state index contributed by atoms with van der Waals surface area (Å²) >= 11 is 6.75. The lowest BCUT2D eigenvalue weighted by molar-refractivity contribution is 0.404. The van der Waals surface area contributed by atoms with Gasteiger partial charge in [0.15, 0.2) is 11.3 Å². The Morgan fingerprint density at radius 3 is 2.78 bits per heavy atom. The van der Waals surface area contributed by atoms with Gasteiger partial charge in [0, 0.05) is 30.7 Å². The molecule has 3 heterocycles. The zero-order chi connectivity index (χ0) is 22.4. The molecule has 3 aromatic heterocycles. The number of hydrogen-bond acceptors (Lipinski definition) is 8. The van der Waals surface area contributed by atoms with Crippen LogP contribution in [0.3, 0.4) is 0 Å². The Balaban J connectivity index is 1.64. The molecule has 160 valence electrons. The fraction of sp³-hybridized carbons (Fsp3) is 0.130. The summed E-state index contributed by atoms with van der Waals surface area (Å²) in [7, 11) is 3.52.